The first-order valence-electron chi connectivity index (χ1n) is 5.14. The molecule has 0 saturated heterocycles. The molecule has 0 aliphatic carbocycles. The first-order valence-corrected chi connectivity index (χ1v) is 5.55. The number of para-hydroxylation sites is 1. The van der Waals surface area contributed by atoms with Gasteiger partial charge >= 0.3 is 6.09 Å². The van der Waals surface area contributed by atoms with Crippen LogP contribution in [0.1, 0.15) is 10.4 Å². The SMILES string of the molecule is COC(=O)NNC(=S)NC(=O)c1ccccc1[N+](=O)[O-]. The second-order valence-corrected chi connectivity index (χ2v) is 3.71. The summed E-state index contributed by atoms with van der Waals surface area (Å²) in [5, 5.41) is 12.7. The van der Waals surface area contributed by atoms with Crippen LogP contribution in [-0.2, 0) is 4.74 Å². The molecule has 1 aromatic carbocycles. The number of nitro benzene ring substituents is 1. The third-order valence-electron chi connectivity index (χ3n) is 2.04. The van der Waals surface area contributed by atoms with E-state index in [9.17, 15) is 19.7 Å². The van der Waals surface area contributed by atoms with E-state index in [0.717, 1.165) is 7.11 Å². The van der Waals surface area contributed by atoms with Crippen LogP contribution in [0.4, 0.5) is 10.5 Å². The molecule has 0 aromatic heterocycles. The Morgan fingerprint density at radius 1 is 1.30 bits per heavy atom. The molecule has 1 rings (SSSR count). The Labute approximate surface area is 118 Å². The zero-order valence-electron chi connectivity index (χ0n) is 10.2. The average molecular weight is 298 g/mol. The van der Waals surface area contributed by atoms with Gasteiger partial charge in [-0.05, 0) is 18.3 Å². The quantitative estimate of drug-likeness (QED) is 0.412. The Balaban J connectivity index is 2.70. The van der Waals surface area contributed by atoms with Crippen molar-refractivity contribution in [3.8, 4) is 0 Å². The molecule has 3 N–H and O–H groups in total. The molecule has 1 aromatic rings. The average Bonchev–Trinajstić information content (AvgIpc) is 2.44. The zero-order valence-corrected chi connectivity index (χ0v) is 11.0. The first kappa shape index (κ1) is 15.3. The van der Waals surface area contributed by atoms with E-state index >= 15 is 0 Å². The third kappa shape index (κ3) is 4.17. The van der Waals surface area contributed by atoms with Crippen molar-refractivity contribution in [3.63, 3.8) is 0 Å². The summed E-state index contributed by atoms with van der Waals surface area (Å²) in [5.74, 6) is -0.776. The molecule has 0 aliphatic rings. The lowest BCUT2D eigenvalue weighted by molar-refractivity contribution is -0.385. The Hall–Kier alpha value is -2.75. The lowest BCUT2D eigenvalue weighted by Crippen LogP contribution is -2.48. The number of hydrogen-bond donors (Lipinski definition) is 3. The second-order valence-electron chi connectivity index (χ2n) is 3.30. The summed E-state index contributed by atoms with van der Waals surface area (Å²) in [7, 11) is 1.14. The molecule has 0 unspecified atom stereocenters. The fourth-order valence-electron chi connectivity index (χ4n) is 1.19. The van der Waals surface area contributed by atoms with Gasteiger partial charge in [0.15, 0.2) is 5.11 Å². The molecule has 106 valence electrons. The van der Waals surface area contributed by atoms with Gasteiger partial charge in [-0.15, -0.1) is 0 Å². The summed E-state index contributed by atoms with van der Waals surface area (Å²) in [6.45, 7) is 0. The molecule has 20 heavy (non-hydrogen) atoms. The van der Waals surface area contributed by atoms with Crippen LogP contribution in [0.3, 0.4) is 0 Å². The minimum absolute atomic E-state index is 0.153. The Bertz CT molecular complexity index is 562. The van der Waals surface area contributed by atoms with E-state index in [2.05, 4.69) is 15.5 Å². The molecule has 2 amide bonds. The van der Waals surface area contributed by atoms with Gasteiger partial charge in [0, 0.05) is 6.07 Å². The molecule has 0 spiro atoms. The van der Waals surface area contributed by atoms with Gasteiger partial charge in [-0.1, -0.05) is 12.1 Å². The van der Waals surface area contributed by atoms with Crippen LogP contribution >= 0.6 is 12.2 Å². The van der Waals surface area contributed by atoms with Gasteiger partial charge < -0.3 is 4.74 Å². The minimum Gasteiger partial charge on any atom is -0.452 e. The standard InChI is InChI=1S/C10H10N4O5S/c1-19-10(16)13-12-9(20)11-8(15)6-4-2-3-5-7(6)14(17)18/h2-5H,1H3,(H,13,16)(H2,11,12,15,20). The van der Waals surface area contributed by atoms with Crippen LogP contribution in [0.25, 0.3) is 0 Å². The van der Waals surface area contributed by atoms with Crippen molar-refractivity contribution in [1.82, 2.24) is 16.2 Å². The lowest BCUT2D eigenvalue weighted by Gasteiger charge is -2.09. The maximum Gasteiger partial charge on any atom is 0.425 e. The molecular formula is C10H10N4O5S. The molecule has 9 nitrogen and oxygen atoms in total. The lowest BCUT2D eigenvalue weighted by atomic mass is 10.1. The van der Waals surface area contributed by atoms with Crippen LogP contribution in [-0.4, -0.2) is 29.1 Å². The van der Waals surface area contributed by atoms with Gasteiger partial charge in [0.2, 0.25) is 0 Å². The summed E-state index contributed by atoms with van der Waals surface area (Å²) >= 11 is 4.72. The van der Waals surface area contributed by atoms with Gasteiger partial charge in [0.05, 0.1) is 12.0 Å². The Kier molecular flexibility index (Phi) is 5.35. The Morgan fingerprint density at radius 2 is 1.95 bits per heavy atom. The summed E-state index contributed by atoms with van der Waals surface area (Å²) in [6, 6.07) is 5.39. The largest absolute Gasteiger partial charge is 0.452 e. The second kappa shape index (κ2) is 6.99. The van der Waals surface area contributed by atoms with Crippen LogP contribution in [0.15, 0.2) is 24.3 Å². The van der Waals surface area contributed by atoms with Gasteiger partial charge in [-0.2, -0.15) is 0 Å². The highest BCUT2D eigenvalue weighted by atomic mass is 32.1. The molecule has 0 atom stereocenters. The van der Waals surface area contributed by atoms with Crippen LogP contribution in [0.2, 0.25) is 0 Å². The highest BCUT2D eigenvalue weighted by Crippen LogP contribution is 2.17. The van der Waals surface area contributed by atoms with Crippen molar-refractivity contribution in [2.75, 3.05) is 7.11 Å². The summed E-state index contributed by atoms with van der Waals surface area (Å²) in [5.41, 5.74) is 3.71. The molecule has 0 saturated carbocycles. The number of benzene rings is 1. The van der Waals surface area contributed by atoms with Crippen molar-refractivity contribution in [2.45, 2.75) is 0 Å². The molecular weight excluding hydrogens is 288 g/mol. The predicted octanol–water partition coefficient (Wildman–Crippen LogP) is 0.470. The van der Waals surface area contributed by atoms with E-state index in [1.54, 1.807) is 0 Å². The number of rotatable bonds is 2. The number of hydrazine groups is 1. The zero-order chi connectivity index (χ0) is 15.1. The topological polar surface area (TPSA) is 123 Å². The van der Waals surface area contributed by atoms with Crippen LogP contribution < -0.4 is 16.2 Å². The van der Waals surface area contributed by atoms with E-state index in [1.807, 2.05) is 5.43 Å². The summed E-state index contributed by atoms with van der Waals surface area (Å²) in [6.07, 6.45) is -0.813. The number of thiocarbonyl (C=S) groups is 1. The molecule has 0 heterocycles. The number of carbonyl (C=O) groups is 2. The molecule has 10 heteroatoms. The van der Waals surface area contributed by atoms with Crippen LogP contribution in [0, 0.1) is 10.1 Å². The maximum atomic E-state index is 11.8. The smallest absolute Gasteiger partial charge is 0.425 e. The fraction of sp³-hybridized carbons (Fsp3) is 0.100. The van der Waals surface area contributed by atoms with Crippen molar-refractivity contribution < 1.29 is 19.2 Å². The van der Waals surface area contributed by atoms with Crippen molar-refractivity contribution in [3.05, 3.63) is 39.9 Å². The van der Waals surface area contributed by atoms with E-state index in [4.69, 9.17) is 12.2 Å². The molecule has 0 bridgehead atoms. The highest BCUT2D eigenvalue weighted by molar-refractivity contribution is 7.80. The Morgan fingerprint density at radius 3 is 2.55 bits per heavy atom. The number of nitro groups is 1. The third-order valence-corrected chi connectivity index (χ3v) is 2.24. The van der Waals surface area contributed by atoms with E-state index < -0.39 is 16.9 Å². The molecule has 0 radical (unpaired) electrons. The first-order chi connectivity index (χ1) is 9.45. The summed E-state index contributed by atoms with van der Waals surface area (Å²) < 4.78 is 4.27. The van der Waals surface area contributed by atoms with Crippen molar-refractivity contribution in [1.29, 1.82) is 0 Å². The fourth-order valence-corrected chi connectivity index (χ4v) is 1.33. The van der Waals surface area contributed by atoms with Crippen molar-refractivity contribution in [2.24, 2.45) is 0 Å². The monoisotopic (exact) mass is 298 g/mol. The van der Waals surface area contributed by atoms with E-state index in [-0.39, 0.29) is 16.4 Å². The number of amides is 2. The number of carbonyl (C=O) groups excluding carboxylic acids is 2. The number of hydrogen-bond acceptors (Lipinski definition) is 6. The van der Waals surface area contributed by atoms with Gasteiger partial charge in [0.1, 0.15) is 5.56 Å². The van der Waals surface area contributed by atoms with Crippen molar-refractivity contribution >= 4 is 35.0 Å². The number of nitrogens with one attached hydrogen (secondary N) is 3. The molecule has 0 fully saturated rings. The van der Waals surface area contributed by atoms with Gasteiger partial charge in [-0.3, -0.25) is 25.7 Å². The highest BCUT2D eigenvalue weighted by Gasteiger charge is 2.19. The van der Waals surface area contributed by atoms with Crippen LogP contribution in [0.5, 0.6) is 0 Å². The number of nitrogens with zero attached hydrogens (tertiary/aromatic N) is 1. The van der Waals surface area contributed by atoms with E-state index in [0.29, 0.717) is 0 Å². The number of methoxy groups -OCH3 is 1. The van der Waals surface area contributed by atoms with Gasteiger partial charge in [-0.25, -0.2) is 10.2 Å². The summed E-state index contributed by atoms with van der Waals surface area (Å²) in [4.78, 5) is 32.7. The number of ether oxygens (including phenoxy) is 1. The van der Waals surface area contributed by atoms with E-state index in [1.165, 1.54) is 24.3 Å². The molecule has 0 aliphatic heterocycles. The maximum absolute atomic E-state index is 11.8. The predicted molar refractivity (Wildman–Crippen MR) is 71.8 cm³/mol. The minimum atomic E-state index is -0.813. The normalized spacial score (nSPS) is 9.25. The van der Waals surface area contributed by atoms with Gasteiger partial charge in [0.25, 0.3) is 11.6 Å².